The van der Waals surface area contributed by atoms with E-state index in [1.165, 1.54) is 0 Å². The van der Waals surface area contributed by atoms with Gasteiger partial charge in [0, 0.05) is 10.9 Å². The minimum Gasteiger partial charge on any atom is -0.505 e. The van der Waals surface area contributed by atoms with Crippen LogP contribution in [-0.2, 0) is 4.74 Å². The molecule has 17 heavy (non-hydrogen) atoms. The number of esters is 1. The van der Waals surface area contributed by atoms with Crippen molar-refractivity contribution in [3.8, 4) is 5.75 Å². The van der Waals surface area contributed by atoms with Crippen LogP contribution >= 0.6 is 0 Å². The number of nitrogens with one attached hydrogen (secondary N) is 1. The molecule has 1 aromatic carbocycles. The van der Waals surface area contributed by atoms with E-state index in [4.69, 9.17) is 4.74 Å². The summed E-state index contributed by atoms with van der Waals surface area (Å²) in [4.78, 5) is 14.7. The zero-order chi connectivity index (χ0) is 12.6. The monoisotopic (exact) mass is 233 g/mol. The lowest BCUT2D eigenvalue weighted by atomic mass is 10.2. The van der Waals surface area contributed by atoms with Crippen molar-refractivity contribution in [3.63, 3.8) is 0 Å². The lowest BCUT2D eigenvalue weighted by Gasteiger charge is -2.18. The summed E-state index contributed by atoms with van der Waals surface area (Å²) in [7, 11) is 0. The van der Waals surface area contributed by atoms with E-state index in [0.29, 0.717) is 10.9 Å². The van der Waals surface area contributed by atoms with Gasteiger partial charge in [-0.25, -0.2) is 4.79 Å². The third-order valence-electron chi connectivity index (χ3n) is 2.28. The summed E-state index contributed by atoms with van der Waals surface area (Å²) >= 11 is 0. The normalized spacial score (nSPS) is 11.7. The molecule has 2 rings (SSSR count). The topological polar surface area (TPSA) is 62.3 Å². The Morgan fingerprint density at radius 2 is 1.94 bits per heavy atom. The molecule has 0 unspecified atom stereocenters. The van der Waals surface area contributed by atoms with Crippen molar-refractivity contribution < 1.29 is 14.6 Å². The highest BCUT2D eigenvalue weighted by Crippen LogP contribution is 2.29. The van der Waals surface area contributed by atoms with Gasteiger partial charge >= 0.3 is 5.97 Å². The lowest BCUT2D eigenvalue weighted by molar-refractivity contribution is 0.00612. The molecule has 0 amide bonds. The van der Waals surface area contributed by atoms with Crippen LogP contribution in [-0.4, -0.2) is 21.7 Å². The lowest BCUT2D eigenvalue weighted by Crippen LogP contribution is -2.24. The first-order valence-electron chi connectivity index (χ1n) is 5.41. The second-order valence-corrected chi connectivity index (χ2v) is 4.90. The number of benzene rings is 1. The third kappa shape index (κ3) is 2.25. The van der Waals surface area contributed by atoms with Gasteiger partial charge in [0.15, 0.2) is 11.4 Å². The van der Waals surface area contributed by atoms with Crippen LogP contribution < -0.4 is 0 Å². The fourth-order valence-electron chi connectivity index (χ4n) is 1.60. The number of hydrogen-bond donors (Lipinski definition) is 2. The van der Waals surface area contributed by atoms with Crippen molar-refractivity contribution in [2.24, 2.45) is 0 Å². The number of aromatic nitrogens is 1. The third-order valence-corrected chi connectivity index (χ3v) is 2.28. The van der Waals surface area contributed by atoms with Gasteiger partial charge in [-0.05, 0) is 32.9 Å². The zero-order valence-electron chi connectivity index (χ0n) is 10.1. The van der Waals surface area contributed by atoms with Crippen LogP contribution in [0.15, 0.2) is 24.3 Å². The maximum atomic E-state index is 11.8. The molecule has 0 saturated carbocycles. The Kier molecular flexibility index (Phi) is 2.58. The zero-order valence-corrected chi connectivity index (χ0v) is 10.1. The number of aromatic hydroxyl groups is 1. The summed E-state index contributed by atoms with van der Waals surface area (Å²) in [5.74, 6) is -0.610. The number of carbonyl (C=O) groups excluding carboxylic acids is 1. The van der Waals surface area contributed by atoms with Crippen molar-refractivity contribution in [3.05, 3.63) is 30.0 Å². The van der Waals surface area contributed by atoms with E-state index in [0.717, 1.165) is 0 Å². The maximum Gasteiger partial charge on any atom is 0.359 e. The molecule has 4 nitrogen and oxygen atoms in total. The second kappa shape index (κ2) is 3.80. The Morgan fingerprint density at radius 3 is 2.53 bits per heavy atom. The van der Waals surface area contributed by atoms with Crippen molar-refractivity contribution in [1.29, 1.82) is 0 Å². The highest BCUT2D eigenvalue weighted by molar-refractivity contribution is 6.00. The molecule has 0 spiro atoms. The Labute approximate surface area is 99.2 Å². The van der Waals surface area contributed by atoms with Crippen molar-refractivity contribution in [1.82, 2.24) is 4.98 Å². The molecule has 4 heteroatoms. The Hall–Kier alpha value is -1.97. The van der Waals surface area contributed by atoms with E-state index >= 15 is 0 Å². The smallest absolute Gasteiger partial charge is 0.359 e. The van der Waals surface area contributed by atoms with Crippen molar-refractivity contribution in [2.75, 3.05) is 0 Å². The number of fused-ring (bicyclic) bond motifs is 1. The second-order valence-electron chi connectivity index (χ2n) is 4.90. The van der Waals surface area contributed by atoms with E-state index in [1.54, 1.807) is 39.0 Å². The number of rotatable bonds is 1. The van der Waals surface area contributed by atoms with Crippen LogP contribution in [0.3, 0.4) is 0 Å². The van der Waals surface area contributed by atoms with E-state index in [-0.39, 0.29) is 11.4 Å². The standard InChI is InChI=1S/C13H15NO3/c1-13(2,3)17-12(16)10-11(15)8-6-4-5-7-9(8)14-10/h4-7,14-15H,1-3H3. The molecule has 0 bridgehead atoms. The fourth-order valence-corrected chi connectivity index (χ4v) is 1.60. The summed E-state index contributed by atoms with van der Waals surface area (Å²) in [5, 5.41) is 10.5. The van der Waals surface area contributed by atoms with Crippen LogP contribution in [0.5, 0.6) is 5.75 Å². The van der Waals surface area contributed by atoms with Crippen LogP contribution in [0.2, 0.25) is 0 Å². The number of carbonyl (C=O) groups is 1. The fraction of sp³-hybridized carbons (Fsp3) is 0.308. The maximum absolute atomic E-state index is 11.8. The van der Waals surface area contributed by atoms with Crippen LogP contribution in [0.4, 0.5) is 0 Å². The molecule has 1 aromatic heterocycles. The van der Waals surface area contributed by atoms with E-state index < -0.39 is 11.6 Å². The van der Waals surface area contributed by atoms with Gasteiger partial charge in [-0.2, -0.15) is 0 Å². The van der Waals surface area contributed by atoms with Gasteiger partial charge < -0.3 is 14.8 Å². The predicted molar refractivity (Wildman–Crippen MR) is 65.1 cm³/mol. The summed E-state index contributed by atoms with van der Waals surface area (Å²) in [5.41, 5.74) is 0.230. The number of hydrogen-bond acceptors (Lipinski definition) is 3. The van der Waals surface area contributed by atoms with Gasteiger partial charge in [0.05, 0.1) is 0 Å². The van der Waals surface area contributed by atoms with Gasteiger partial charge in [-0.15, -0.1) is 0 Å². The SMILES string of the molecule is CC(C)(C)OC(=O)c1[nH]c2ccccc2c1O. The Bertz CT molecular complexity index is 564. The molecule has 0 aliphatic heterocycles. The average molecular weight is 233 g/mol. The summed E-state index contributed by atoms with van der Waals surface area (Å²) < 4.78 is 5.20. The minimum atomic E-state index is -0.583. The van der Waals surface area contributed by atoms with Crippen LogP contribution in [0.1, 0.15) is 31.3 Å². The van der Waals surface area contributed by atoms with E-state index in [2.05, 4.69) is 4.98 Å². The van der Waals surface area contributed by atoms with Crippen molar-refractivity contribution in [2.45, 2.75) is 26.4 Å². The van der Waals surface area contributed by atoms with Gasteiger partial charge in [0.2, 0.25) is 0 Å². The van der Waals surface area contributed by atoms with Crippen LogP contribution in [0.25, 0.3) is 10.9 Å². The molecular weight excluding hydrogens is 218 g/mol. The number of H-pyrrole nitrogens is 1. The first-order chi connectivity index (χ1) is 7.88. The largest absolute Gasteiger partial charge is 0.505 e. The van der Waals surface area contributed by atoms with Gasteiger partial charge in [-0.3, -0.25) is 0 Å². The summed E-state index contributed by atoms with van der Waals surface area (Å²) in [6, 6.07) is 7.17. The molecule has 0 aliphatic rings. The Balaban J connectivity index is 2.43. The first kappa shape index (κ1) is 11.5. The molecule has 0 aliphatic carbocycles. The Morgan fingerprint density at radius 1 is 1.29 bits per heavy atom. The van der Waals surface area contributed by atoms with Crippen molar-refractivity contribution >= 4 is 16.9 Å². The predicted octanol–water partition coefficient (Wildman–Crippen LogP) is 2.83. The molecule has 2 N–H and O–H groups in total. The molecule has 0 saturated heterocycles. The number of ether oxygens (including phenoxy) is 1. The first-order valence-corrected chi connectivity index (χ1v) is 5.41. The quantitative estimate of drug-likeness (QED) is 0.744. The molecule has 2 aromatic rings. The molecule has 0 atom stereocenters. The van der Waals surface area contributed by atoms with E-state index in [1.807, 2.05) is 6.07 Å². The van der Waals surface area contributed by atoms with Gasteiger partial charge in [-0.1, -0.05) is 12.1 Å². The molecule has 90 valence electrons. The summed E-state index contributed by atoms with van der Waals surface area (Å²) in [6.45, 7) is 5.35. The number of para-hydroxylation sites is 1. The summed E-state index contributed by atoms with van der Waals surface area (Å²) in [6.07, 6.45) is 0. The minimum absolute atomic E-state index is 0.0603. The van der Waals surface area contributed by atoms with E-state index in [9.17, 15) is 9.90 Å². The highest BCUT2D eigenvalue weighted by atomic mass is 16.6. The van der Waals surface area contributed by atoms with Crippen LogP contribution in [0, 0.1) is 0 Å². The molecule has 1 heterocycles. The van der Waals surface area contributed by atoms with Gasteiger partial charge in [0.25, 0.3) is 0 Å². The highest BCUT2D eigenvalue weighted by Gasteiger charge is 2.23. The molecular formula is C13H15NO3. The molecule has 0 fully saturated rings. The molecule has 0 radical (unpaired) electrons. The average Bonchev–Trinajstić information content (AvgIpc) is 2.55. The van der Waals surface area contributed by atoms with Gasteiger partial charge in [0.1, 0.15) is 5.60 Å². The number of aromatic amines is 1.